The summed E-state index contributed by atoms with van der Waals surface area (Å²) in [6.45, 7) is 0.797. The molecule has 1 aliphatic rings. The van der Waals surface area contributed by atoms with Crippen LogP contribution in [-0.4, -0.2) is 29.7 Å². The van der Waals surface area contributed by atoms with Crippen LogP contribution < -0.4 is 0 Å². The number of ketones is 1. The molecule has 1 aromatic carbocycles. The summed E-state index contributed by atoms with van der Waals surface area (Å²) in [7, 11) is 0. The molecule has 0 unspecified atom stereocenters. The molecule has 1 fully saturated rings. The predicted molar refractivity (Wildman–Crippen MR) is 61.4 cm³/mol. The average Bonchev–Trinajstić information content (AvgIpc) is 2.68. The number of nitrogens with zero attached hydrogens (tertiary/aromatic N) is 1. The number of hydrogen-bond acceptors (Lipinski definition) is 2. The molecule has 0 aliphatic carbocycles. The number of likely N-dealkylation sites (tertiary alicyclic amines) is 1. The van der Waals surface area contributed by atoms with Crippen molar-refractivity contribution >= 4 is 23.3 Å². The molecular weight excluding hydrogens is 226 g/mol. The van der Waals surface area contributed by atoms with Gasteiger partial charge in [0, 0.05) is 18.0 Å². The molecule has 0 spiro atoms. The quantitative estimate of drug-likeness (QED) is 0.785. The van der Waals surface area contributed by atoms with Gasteiger partial charge in [-0.2, -0.15) is 0 Å². The Hall–Kier alpha value is -1.35. The van der Waals surface area contributed by atoms with E-state index in [0.29, 0.717) is 18.0 Å². The van der Waals surface area contributed by atoms with E-state index in [2.05, 4.69) is 0 Å². The number of amides is 1. The smallest absolute Gasteiger partial charge is 0.227 e. The van der Waals surface area contributed by atoms with Crippen molar-refractivity contribution in [3.63, 3.8) is 0 Å². The standard InChI is InChI=1S/C12H12ClNO2/c13-11-4-2-1-3-9(11)7-12(16)14-6-5-10(15)8-14/h1-4H,5-8H2. The van der Waals surface area contributed by atoms with Crippen LogP contribution in [0.15, 0.2) is 24.3 Å². The van der Waals surface area contributed by atoms with Crippen molar-refractivity contribution in [2.75, 3.05) is 13.1 Å². The maximum Gasteiger partial charge on any atom is 0.227 e. The van der Waals surface area contributed by atoms with Gasteiger partial charge in [0.2, 0.25) is 5.91 Å². The molecule has 0 aromatic heterocycles. The van der Waals surface area contributed by atoms with Gasteiger partial charge < -0.3 is 4.90 Å². The lowest BCUT2D eigenvalue weighted by Crippen LogP contribution is -2.30. The second-order valence-corrected chi connectivity index (χ2v) is 4.28. The van der Waals surface area contributed by atoms with Gasteiger partial charge in [0.25, 0.3) is 0 Å². The molecule has 0 N–H and O–H groups in total. The third kappa shape index (κ3) is 2.42. The molecular formula is C12H12ClNO2. The lowest BCUT2D eigenvalue weighted by atomic mass is 10.1. The van der Waals surface area contributed by atoms with Gasteiger partial charge in [0.1, 0.15) is 0 Å². The molecule has 1 amide bonds. The molecule has 1 heterocycles. The molecule has 3 nitrogen and oxygen atoms in total. The Morgan fingerprint density at radius 1 is 1.38 bits per heavy atom. The summed E-state index contributed by atoms with van der Waals surface area (Å²) in [6, 6.07) is 7.27. The van der Waals surface area contributed by atoms with Crippen LogP contribution in [0, 0.1) is 0 Å². The van der Waals surface area contributed by atoms with Crippen LogP contribution in [0.3, 0.4) is 0 Å². The highest BCUT2D eigenvalue weighted by molar-refractivity contribution is 6.31. The fraction of sp³-hybridized carbons (Fsp3) is 0.333. The SMILES string of the molecule is O=C1CCN(C(=O)Cc2ccccc2Cl)C1. The monoisotopic (exact) mass is 237 g/mol. The van der Waals surface area contributed by atoms with Gasteiger partial charge in [-0.05, 0) is 11.6 Å². The zero-order valence-corrected chi connectivity index (χ0v) is 9.54. The van der Waals surface area contributed by atoms with Crippen LogP contribution in [0.4, 0.5) is 0 Å². The van der Waals surface area contributed by atoms with Gasteiger partial charge in [-0.1, -0.05) is 29.8 Å². The summed E-state index contributed by atoms with van der Waals surface area (Å²) in [5.41, 5.74) is 0.813. The second-order valence-electron chi connectivity index (χ2n) is 3.87. The van der Waals surface area contributed by atoms with E-state index in [9.17, 15) is 9.59 Å². The van der Waals surface area contributed by atoms with Gasteiger partial charge >= 0.3 is 0 Å². The molecule has 0 saturated carbocycles. The Balaban J connectivity index is 2.03. The first kappa shape index (κ1) is 11.1. The number of halogens is 1. The van der Waals surface area contributed by atoms with Crippen molar-refractivity contribution < 1.29 is 9.59 Å². The van der Waals surface area contributed by atoms with Crippen molar-refractivity contribution in [2.45, 2.75) is 12.8 Å². The van der Waals surface area contributed by atoms with Crippen LogP contribution in [-0.2, 0) is 16.0 Å². The zero-order valence-electron chi connectivity index (χ0n) is 8.78. The molecule has 1 aliphatic heterocycles. The summed E-state index contributed by atoms with van der Waals surface area (Å²) in [5.74, 6) is 0.103. The molecule has 1 aromatic rings. The van der Waals surface area contributed by atoms with Gasteiger partial charge in [-0.25, -0.2) is 0 Å². The third-order valence-electron chi connectivity index (χ3n) is 2.68. The van der Waals surface area contributed by atoms with Gasteiger partial charge in [0.05, 0.1) is 13.0 Å². The van der Waals surface area contributed by atoms with E-state index in [1.165, 1.54) is 0 Å². The molecule has 0 radical (unpaired) electrons. The van der Waals surface area contributed by atoms with E-state index in [1.54, 1.807) is 11.0 Å². The molecule has 0 bridgehead atoms. The van der Waals surface area contributed by atoms with E-state index in [-0.39, 0.29) is 24.7 Å². The van der Waals surface area contributed by atoms with Gasteiger partial charge in [-0.3, -0.25) is 9.59 Å². The number of carbonyl (C=O) groups excluding carboxylic acids is 2. The van der Waals surface area contributed by atoms with E-state index < -0.39 is 0 Å². The van der Waals surface area contributed by atoms with E-state index in [4.69, 9.17) is 11.6 Å². The molecule has 4 heteroatoms. The van der Waals surface area contributed by atoms with Crippen LogP contribution in [0.25, 0.3) is 0 Å². The number of benzene rings is 1. The highest BCUT2D eigenvalue weighted by Gasteiger charge is 2.24. The maximum atomic E-state index is 11.8. The highest BCUT2D eigenvalue weighted by Crippen LogP contribution is 2.17. The minimum atomic E-state index is -0.0287. The highest BCUT2D eigenvalue weighted by atomic mass is 35.5. The Morgan fingerprint density at radius 3 is 2.75 bits per heavy atom. The van der Waals surface area contributed by atoms with E-state index in [0.717, 1.165) is 5.56 Å². The Kier molecular flexibility index (Phi) is 3.25. The normalized spacial score (nSPS) is 15.6. The van der Waals surface area contributed by atoms with Crippen LogP contribution in [0.5, 0.6) is 0 Å². The maximum absolute atomic E-state index is 11.8. The van der Waals surface area contributed by atoms with Gasteiger partial charge in [0.15, 0.2) is 5.78 Å². The summed E-state index contributed by atoms with van der Waals surface area (Å²) in [5, 5.41) is 0.598. The molecule has 2 rings (SSSR count). The Bertz CT molecular complexity index is 431. The van der Waals surface area contributed by atoms with Crippen LogP contribution in [0.2, 0.25) is 5.02 Å². The summed E-state index contributed by atoms with van der Waals surface area (Å²) in [6.07, 6.45) is 0.751. The predicted octanol–water partition coefficient (Wildman–Crippen LogP) is 1.68. The van der Waals surface area contributed by atoms with Crippen molar-refractivity contribution in [3.05, 3.63) is 34.9 Å². The fourth-order valence-corrected chi connectivity index (χ4v) is 1.96. The first-order valence-electron chi connectivity index (χ1n) is 5.19. The Labute approximate surface area is 99.0 Å². The van der Waals surface area contributed by atoms with Crippen molar-refractivity contribution in [3.8, 4) is 0 Å². The number of carbonyl (C=O) groups is 2. The van der Waals surface area contributed by atoms with Crippen molar-refractivity contribution in [1.29, 1.82) is 0 Å². The molecule has 0 atom stereocenters. The zero-order chi connectivity index (χ0) is 11.5. The first-order valence-corrected chi connectivity index (χ1v) is 5.57. The number of rotatable bonds is 2. The largest absolute Gasteiger partial charge is 0.335 e. The first-order chi connectivity index (χ1) is 7.66. The number of Topliss-reactive ketones (excluding diaryl/α,β-unsaturated/α-hetero) is 1. The van der Waals surface area contributed by atoms with E-state index in [1.807, 2.05) is 18.2 Å². The van der Waals surface area contributed by atoms with E-state index >= 15 is 0 Å². The van der Waals surface area contributed by atoms with Crippen LogP contribution in [0.1, 0.15) is 12.0 Å². The minimum Gasteiger partial charge on any atom is -0.335 e. The minimum absolute atomic E-state index is 0.0287. The fourth-order valence-electron chi connectivity index (χ4n) is 1.76. The van der Waals surface area contributed by atoms with Crippen molar-refractivity contribution in [2.24, 2.45) is 0 Å². The molecule has 16 heavy (non-hydrogen) atoms. The second kappa shape index (κ2) is 4.66. The summed E-state index contributed by atoms with van der Waals surface area (Å²) in [4.78, 5) is 24.5. The topological polar surface area (TPSA) is 37.4 Å². The lowest BCUT2D eigenvalue weighted by Gasteiger charge is -2.14. The lowest BCUT2D eigenvalue weighted by molar-refractivity contribution is -0.131. The average molecular weight is 238 g/mol. The number of hydrogen-bond donors (Lipinski definition) is 0. The van der Waals surface area contributed by atoms with Crippen LogP contribution >= 0.6 is 11.6 Å². The molecule has 1 saturated heterocycles. The summed E-state index contributed by atoms with van der Waals surface area (Å²) >= 11 is 5.97. The molecule has 84 valence electrons. The summed E-state index contributed by atoms with van der Waals surface area (Å²) < 4.78 is 0. The van der Waals surface area contributed by atoms with Gasteiger partial charge in [-0.15, -0.1) is 0 Å². The Morgan fingerprint density at radius 2 is 2.12 bits per heavy atom. The van der Waals surface area contributed by atoms with Crippen molar-refractivity contribution in [1.82, 2.24) is 4.90 Å². The third-order valence-corrected chi connectivity index (χ3v) is 3.05.